The molecule has 1 aromatic heterocycles. The van der Waals surface area contributed by atoms with Gasteiger partial charge in [0.2, 0.25) is 0 Å². The molecule has 1 aliphatic heterocycles. The maximum Gasteiger partial charge on any atom is 0.264 e. The molecular weight excluding hydrogens is 370 g/mol. The molecule has 0 unspecified atom stereocenters. The number of hydrogen-bond acceptors (Lipinski definition) is 4. The number of rotatable bonds is 2. The number of amidine groups is 1. The van der Waals surface area contributed by atoms with E-state index in [-0.39, 0.29) is 16.8 Å². The highest BCUT2D eigenvalue weighted by Crippen LogP contribution is 2.29. The molecule has 136 valence electrons. The molecule has 27 heavy (non-hydrogen) atoms. The van der Waals surface area contributed by atoms with E-state index < -0.39 is 11.6 Å². The first-order chi connectivity index (χ1) is 12.9. The predicted molar refractivity (Wildman–Crippen MR) is 103 cm³/mol. The molecule has 4 rings (SSSR count). The first-order valence-electron chi connectivity index (χ1n) is 8.08. The van der Waals surface area contributed by atoms with Crippen LogP contribution in [-0.4, -0.2) is 20.6 Å². The average molecular weight is 384 g/mol. The fourth-order valence-corrected chi connectivity index (χ4v) is 3.57. The summed E-state index contributed by atoms with van der Waals surface area (Å²) in [6.45, 7) is 1.93. The standard InChI is InChI=1S/C19H14F2N4OS/c1-10-22-15-5-3-11(7-16(15)25(10)2)8-17-18(26)24-19(27-17)23-14-6-4-12(20)9-13(14)21/h3-9H,1-2H3,(H,23,24,26). The Balaban J connectivity index is 1.64. The van der Waals surface area contributed by atoms with Crippen LogP contribution in [0.1, 0.15) is 11.4 Å². The van der Waals surface area contributed by atoms with Crippen LogP contribution < -0.4 is 5.32 Å². The minimum atomic E-state index is -0.785. The van der Waals surface area contributed by atoms with Crippen LogP contribution in [-0.2, 0) is 11.8 Å². The van der Waals surface area contributed by atoms with Gasteiger partial charge >= 0.3 is 0 Å². The number of aryl methyl sites for hydroxylation is 2. The van der Waals surface area contributed by atoms with E-state index in [9.17, 15) is 13.6 Å². The van der Waals surface area contributed by atoms with Gasteiger partial charge in [-0.3, -0.25) is 4.79 Å². The monoisotopic (exact) mass is 384 g/mol. The minimum Gasteiger partial charge on any atom is -0.331 e. The number of imidazole rings is 1. The van der Waals surface area contributed by atoms with Gasteiger partial charge in [0.15, 0.2) is 11.0 Å². The SMILES string of the molecule is Cc1nc2ccc(C=C3SC(=Nc4ccc(F)cc4F)NC3=O)cc2n1C. The number of nitrogens with one attached hydrogen (secondary N) is 1. The van der Waals surface area contributed by atoms with Crippen molar-refractivity contribution in [3.05, 3.63) is 64.3 Å². The number of amides is 1. The van der Waals surface area contributed by atoms with Crippen molar-refractivity contribution in [3.8, 4) is 0 Å². The molecule has 5 nitrogen and oxygen atoms in total. The number of aromatic nitrogens is 2. The van der Waals surface area contributed by atoms with E-state index in [1.165, 1.54) is 6.07 Å². The first kappa shape index (κ1) is 17.4. The number of benzene rings is 2. The molecule has 0 radical (unpaired) electrons. The topological polar surface area (TPSA) is 59.3 Å². The molecular formula is C19H14F2N4OS. The third kappa shape index (κ3) is 3.35. The Morgan fingerprint density at radius 1 is 1.22 bits per heavy atom. The normalized spacial score (nSPS) is 17.3. The van der Waals surface area contributed by atoms with E-state index in [0.29, 0.717) is 4.91 Å². The van der Waals surface area contributed by atoms with Crippen LogP contribution in [0.15, 0.2) is 46.3 Å². The molecule has 1 aliphatic rings. The van der Waals surface area contributed by atoms with Gasteiger partial charge in [-0.2, -0.15) is 0 Å². The van der Waals surface area contributed by atoms with Crippen molar-refractivity contribution in [1.82, 2.24) is 14.9 Å². The van der Waals surface area contributed by atoms with Crippen LogP contribution in [0, 0.1) is 18.6 Å². The summed E-state index contributed by atoms with van der Waals surface area (Å²) in [5.41, 5.74) is 2.66. The average Bonchev–Trinajstić information content (AvgIpc) is 3.10. The summed E-state index contributed by atoms with van der Waals surface area (Å²) in [5.74, 6) is -0.881. The van der Waals surface area contributed by atoms with Crippen LogP contribution in [0.25, 0.3) is 17.1 Å². The molecule has 1 N–H and O–H groups in total. The smallest absolute Gasteiger partial charge is 0.264 e. The van der Waals surface area contributed by atoms with Crippen LogP contribution in [0.4, 0.5) is 14.5 Å². The third-order valence-corrected chi connectivity index (χ3v) is 5.12. The first-order valence-corrected chi connectivity index (χ1v) is 8.90. The van der Waals surface area contributed by atoms with Gasteiger partial charge in [0.25, 0.3) is 5.91 Å². The van der Waals surface area contributed by atoms with E-state index >= 15 is 0 Å². The lowest BCUT2D eigenvalue weighted by Gasteiger charge is -1.99. The Morgan fingerprint density at radius 3 is 2.81 bits per heavy atom. The maximum absolute atomic E-state index is 13.7. The zero-order valence-corrected chi connectivity index (χ0v) is 15.3. The number of nitrogens with zero attached hydrogens (tertiary/aromatic N) is 3. The molecule has 0 spiro atoms. The predicted octanol–water partition coefficient (Wildman–Crippen LogP) is 4.05. The fraction of sp³-hybridized carbons (Fsp3) is 0.105. The Labute approximate surface area is 157 Å². The third-order valence-electron chi connectivity index (χ3n) is 4.21. The molecule has 8 heteroatoms. The zero-order valence-electron chi connectivity index (χ0n) is 14.5. The minimum absolute atomic E-state index is 0.0350. The van der Waals surface area contributed by atoms with Crippen molar-refractivity contribution in [2.24, 2.45) is 12.0 Å². The highest BCUT2D eigenvalue weighted by Gasteiger charge is 2.24. The summed E-state index contributed by atoms with van der Waals surface area (Å²) in [4.78, 5) is 21.1. The van der Waals surface area contributed by atoms with Crippen molar-refractivity contribution in [2.75, 3.05) is 0 Å². The number of carbonyl (C=O) groups excluding carboxylic acids is 1. The van der Waals surface area contributed by atoms with Crippen LogP contribution >= 0.6 is 11.8 Å². The Morgan fingerprint density at radius 2 is 2.04 bits per heavy atom. The molecule has 1 saturated heterocycles. The number of fused-ring (bicyclic) bond motifs is 1. The van der Waals surface area contributed by atoms with Crippen LogP contribution in [0.5, 0.6) is 0 Å². The number of halogens is 2. The van der Waals surface area contributed by atoms with Crippen molar-refractivity contribution < 1.29 is 13.6 Å². The van der Waals surface area contributed by atoms with Gasteiger partial charge in [0.1, 0.15) is 17.3 Å². The van der Waals surface area contributed by atoms with Crippen molar-refractivity contribution in [3.63, 3.8) is 0 Å². The summed E-state index contributed by atoms with van der Waals surface area (Å²) in [6, 6.07) is 8.82. The molecule has 0 atom stereocenters. The quantitative estimate of drug-likeness (QED) is 0.678. The highest BCUT2D eigenvalue weighted by atomic mass is 32.2. The number of carbonyl (C=O) groups is 1. The summed E-state index contributed by atoms with van der Waals surface area (Å²) in [7, 11) is 1.93. The molecule has 1 fully saturated rings. The number of aliphatic imine (C=N–C) groups is 1. The fourth-order valence-electron chi connectivity index (χ4n) is 2.73. The molecule has 0 aliphatic carbocycles. The van der Waals surface area contributed by atoms with Crippen molar-refractivity contribution >= 4 is 45.6 Å². The highest BCUT2D eigenvalue weighted by molar-refractivity contribution is 8.18. The van der Waals surface area contributed by atoms with Gasteiger partial charge in [-0.25, -0.2) is 18.8 Å². The second-order valence-corrected chi connectivity index (χ2v) is 7.07. The largest absolute Gasteiger partial charge is 0.331 e. The van der Waals surface area contributed by atoms with Gasteiger partial charge in [0.05, 0.1) is 15.9 Å². The van der Waals surface area contributed by atoms with Crippen LogP contribution in [0.2, 0.25) is 0 Å². The van der Waals surface area contributed by atoms with Crippen LogP contribution in [0.3, 0.4) is 0 Å². The summed E-state index contributed by atoms with van der Waals surface area (Å²) >= 11 is 1.10. The van der Waals surface area contributed by atoms with Gasteiger partial charge in [-0.1, -0.05) is 6.07 Å². The number of thioether (sulfide) groups is 1. The summed E-state index contributed by atoms with van der Waals surface area (Å²) in [5, 5.41) is 2.84. The molecule has 3 aromatic rings. The Bertz CT molecular complexity index is 1150. The van der Waals surface area contributed by atoms with E-state index in [2.05, 4.69) is 15.3 Å². The van der Waals surface area contributed by atoms with Crippen molar-refractivity contribution in [2.45, 2.75) is 6.92 Å². The second kappa shape index (κ2) is 6.62. The summed E-state index contributed by atoms with van der Waals surface area (Å²) in [6.07, 6.45) is 1.74. The lowest BCUT2D eigenvalue weighted by atomic mass is 10.2. The van der Waals surface area contributed by atoms with Gasteiger partial charge < -0.3 is 9.88 Å². The lowest BCUT2D eigenvalue weighted by Crippen LogP contribution is -2.19. The van der Waals surface area contributed by atoms with E-state index in [4.69, 9.17) is 0 Å². The lowest BCUT2D eigenvalue weighted by molar-refractivity contribution is -0.115. The van der Waals surface area contributed by atoms with E-state index in [1.807, 2.05) is 36.7 Å². The Hall–Kier alpha value is -3.00. The van der Waals surface area contributed by atoms with Gasteiger partial charge in [0, 0.05) is 13.1 Å². The zero-order chi connectivity index (χ0) is 19.1. The molecule has 0 bridgehead atoms. The van der Waals surface area contributed by atoms with E-state index in [1.54, 1.807) is 6.08 Å². The Kier molecular flexibility index (Phi) is 4.27. The second-order valence-electron chi connectivity index (χ2n) is 6.04. The van der Waals surface area contributed by atoms with Gasteiger partial charge in [-0.05, 0) is 54.6 Å². The van der Waals surface area contributed by atoms with Gasteiger partial charge in [-0.15, -0.1) is 0 Å². The maximum atomic E-state index is 13.7. The van der Waals surface area contributed by atoms with Crippen molar-refractivity contribution in [1.29, 1.82) is 0 Å². The number of hydrogen-bond donors (Lipinski definition) is 1. The molecule has 1 amide bonds. The van der Waals surface area contributed by atoms with E-state index in [0.717, 1.165) is 46.3 Å². The summed E-state index contributed by atoms with van der Waals surface area (Å²) < 4.78 is 28.7. The molecule has 0 saturated carbocycles. The molecule has 2 heterocycles. The molecule has 2 aromatic carbocycles.